The zero-order valence-electron chi connectivity index (χ0n) is 14.2. The van der Waals surface area contributed by atoms with Crippen LogP contribution in [0.1, 0.15) is 36.8 Å². The summed E-state index contributed by atoms with van der Waals surface area (Å²) in [6.45, 7) is 4.29. The number of hydrogen-bond acceptors (Lipinski definition) is 3. The van der Waals surface area contributed by atoms with Crippen molar-refractivity contribution in [1.82, 2.24) is 4.90 Å². The Bertz CT molecular complexity index is 614. The maximum atomic E-state index is 13.4. The molecule has 2 aliphatic heterocycles. The summed E-state index contributed by atoms with van der Waals surface area (Å²) in [4.78, 5) is 26.4. The highest BCUT2D eigenvalue weighted by Crippen LogP contribution is 2.39. The monoisotopic (exact) mass is 331 g/mol. The van der Waals surface area contributed by atoms with Crippen LogP contribution in [0.4, 0.5) is 0 Å². The number of carboxylic acid groups (broad SMARTS) is 1. The summed E-state index contributed by atoms with van der Waals surface area (Å²) in [5.41, 5.74) is 1.70. The molecule has 1 N–H and O–H groups in total. The van der Waals surface area contributed by atoms with E-state index in [9.17, 15) is 9.59 Å². The van der Waals surface area contributed by atoms with Gasteiger partial charge in [0.15, 0.2) is 0 Å². The molecule has 0 radical (unpaired) electrons. The lowest BCUT2D eigenvalue weighted by Gasteiger charge is -2.42. The first-order valence-electron chi connectivity index (χ1n) is 8.70. The normalized spacial score (nSPS) is 21.5. The van der Waals surface area contributed by atoms with Crippen LogP contribution in [-0.2, 0) is 19.7 Å². The Morgan fingerprint density at radius 1 is 1.17 bits per heavy atom. The van der Waals surface area contributed by atoms with Crippen molar-refractivity contribution in [2.45, 2.75) is 38.0 Å². The van der Waals surface area contributed by atoms with Crippen molar-refractivity contribution in [2.75, 3.05) is 26.3 Å². The lowest BCUT2D eigenvalue weighted by molar-refractivity contribution is -0.149. The predicted octanol–water partition coefficient (Wildman–Crippen LogP) is 2.37. The van der Waals surface area contributed by atoms with Crippen LogP contribution in [0.3, 0.4) is 0 Å². The first kappa shape index (κ1) is 17.0. The van der Waals surface area contributed by atoms with Crippen molar-refractivity contribution in [1.29, 1.82) is 0 Å². The van der Waals surface area contributed by atoms with Crippen LogP contribution in [-0.4, -0.2) is 48.2 Å². The van der Waals surface area contributed by atoms with E-state index in [1.807, 2.05) is 17.0 Å². The lowest BCUT2D eigenvalue weighted by atomic mass is 9.71. The summed E-state index contributed by atoms with van der Waals surface area (Å²) < 4.78 is 5.52. The molecule has 0 spiro atoms. The van der Waals surface area contributed by atoms with E-state index >= 15 is 0 Å². The molecule has 1 aromatic carbocycles. The van der Waals surface area contributed by atoms with E-state index in [0.29, 0.717) is 52.0 Å². The largest absolute Gasteiger partial charge is 0.481 e. The van der Waals surface area contributed by atoms with Crippen molar-refractivity contribution < 1.29 is 19.4 Å². The number of rotatable bonds is 3. The fourth-order valence-electron chi connectivity index (χ4n) is 4.06. The highest BCUT2D eigenvalue weighted by Gasteiger charge is 2.45. The number of piperidine rings is 1. The third kappa shape index (κ3) is 3.05. The number of ether oxygens (including phenoxy) is 1. The van der Waals surface area contributed by atoms with Gasteiger partial charge in [0.05, 0.1) is 11.3 Å². The van der Waals surface area contributed by atoms with Crippen molar-refractivity contribution in [3.63, 3.8) is 0 Å². The fourth-order valence-corrected chi connectivity index (χ4v) is 4.06. The van der Waals surface area contributed by atoms with Crippen LogP contribution in [0, 0.1) is 12.8 Å². The standard InChI is InChI=1S/C19H25NO4/c1-14-4-2-3-5-16(14)19(8-12-24-13-9-19)18(23)20-10-6-15(7-11-20)17(21)22/h2-5,15H,6-13H2,1H3,(H,21,22). The third-order valence-corrected chi connectivity index (χ3v) is 5.55. The van der Waals surface area contributed by atoms with Crippen LogP contribution >= 0.6 is 0 Å². The molecule has 0 aliphatic carbocycles. The molecular formula is C19H25NO4. The van der Waals surface area contributed by atoms with Gasteiger partial charge in [-0.1, -0.05) is 24.3 Å². The van der Waals surface area contributed by atoms with Crippen LogP contribution in [0.2, 0.25) is 0 Å². The van der Waals surface area contributed by atoms with E-state index in [4.69, 9.17) is 9.84 Å². The summed E-state index contributed by atoms with van der Waals surface area (Å²) >= 11 is 0. The zero-order valence-corrected chi connectivity index (χ0v) is 14.2. The van der Waals surface area contributed by atoms with Gasteiger partial charge in [-0.3, -0.25) is 9.59 Å². The molecule has 130 valence electrons. The van der Waals surface area contributed by atoms with E-state index in [1.54, 1.807) is 0 Å². The topological polar surface area (TPSA) is 66.8 Å². The van der Waals surface area contributed by atoms with E-state index < -0.39 is 11.4 Å². The van der Waals surface area contributed by atoms with Crippen molar-refractivity contribution in [3.8, 4) is 0 Å². The average Bonchev–Trinajstić information content (AvgIpc) is 2.62. The number of aliphatic carboxylic acids is 1. The van der Waals surface area contributed by atoms with E-state index in [2.05, 4.69) is 19.1 Å². The number of amides is 1. The molecule has 24 heavy (non-hydrogen) atoms. The number of aryl methyl sites for hydroxylation is 1. The minimum absolute atomic E-state index is 0.143. The average molecular weight is 331 g/mol. The summed E-state index contributed by atoms with van der Waals surface area (Å²) in [7, 11) is 0. The molecule has 0 atom stereocenters. The molecule has 3 rings (SSSR count). The summed E-state index contributed by atoms with van der Waals surface area (Å²) in [5.74, 6) is -0.927. The second kappa shape index (κ2) is 6.93. The Labute approximate surface area is 142 Å². The van der Waals surface area contributed by atoms with Gasteiger partial charge >= 0.3 is 5.97 Å². The number of hydrogen-bond donors (Lipinski definition) is 1. The molecule has 2 saturated heterocycles. The summed E-state index contributed by atoms with van der Waals surface area (Å²) in [6.07, 6.45) is 2.47. The fraction of sp³-hybridized carbons (Fsp3) is 0.579. The van der Waals surface area contributed by atoms with Gasteiger partial charge in [-0.15, -0.1) is 0 Å². The van der Waals surface area contributed by atoms with E-state index in [-0.39, 0.29) is 11.8 Å². The number of benzene rings is 1. The number of carboxylic acids is 1. The highest BCUT2D eigenvalue weighted by atomic mass is 16.5. The quantitative estimate of drug-likeness (QED) is 0.923. The number of carbonyl (C=O) groups excluding carboxylic acids is 1. The predicted molar refractivity (Wildman–Crippen MR) is 89.8 cm³/mol. The molecule has 0 aromatic heterocycles. The van der Waals surface area contributed by atoms with Crippen LogP contribution in [0.25, 0.3) is 0 Å². The number of nitrogens with zero attached hydrogens (tertiary/aromatic N) is 1. The van der Waals surface area contributed by atoms with E-state index in [1.165, 1.54) is 0 Å². The molecule has 2 heterocycles. The molecule has 5 nitrogen and oxygen atoms in total. The minimum atomic E-state index is -0.748. The maximum Gasteiger partial charge on any atom is 0.306 e. The SMILES string of the molecule is Cc1ccccc1C1(C(=O)N2CCC(C(=O)O)CC2)CCOCC1. The van der Waals surface area contributed by atoms with Gasteiger partial charge < -0.3 is 14.7 Å². The van der Waals surface area contributed by atoms with Gasteiger partial charge in [-0.05, 0) is 43.7 Å². The summed E-state index contributed by atoms with van der Waals surface area (Å²) in [6, 6.07) is 8.09. The highest BCUT2D eigenvalue weighted by molar-refractivity contribution is 5.89. The van der Waals surface area contributed by atoms with Gasteiger partial charge in [-0.2, -0.15) is 0 Å². The first-order chi connectivity index (χ1) is 11.5. The molecule has 0 bridgehead atoms. The molecule has 2 fully saturated rings. The molecule has 1 amide bonds. The molecule has 5 heteroatoms. The third-order valence-electron chi connectivity index (χ3n) is 5.55. The summed E-state index contributed by atoms with van der Waals surface area (Å²) in [5, 5.41) is 9.16. The maximum absolute atomic E-state index is 13.4. The van der Waals surface area contributed by atoms with Gasteiger partial charge in [0, 0.05) is 26.3 Å². The Hall–Kier alpha value is -1.88. The van der Waals surface area contributed by atoms with Crippen LogP contribution in [0.15, 0.2) is 24.3 Å². The van der Waals surface area contributed by atoms with Crippen LogP contribution < -0.4 is 0 Å². The Balaban J connectivity index is 1.86. The molecule has 0 unspecified atom stereocenters. The van der Waals surface area contributed by atoms with Crippen LogP contribution in [0.5, 0.6) is 0 Å². The minimum Gasteiger partial charge on any atom is -0.481 e. The van der Waals surface area contributed by atoms with Gasteiger partial charge in [0.2, 0.25) is 5.91 Å². The molecule has 0 saturated carbocycles. The first-order valence-corrected chi connectivity index (χ1v) is 8.70. The van der Waals surface area contributed by atoms with Crippen molar-refractivity contribution in [3.05, 3.63) is 35.4 Å². The number of carbonyl (C=O) groups is 2. The van der Waals surface area contributed by atoms with E-state index in [0.717, 1.165) is 11.1 Å². The molecule has 2 aliphatic rings. The Morgan fingerprint density at radius 2 is 1.79 bits per heavy atom. The lowest BCUT2D eigenvalue weighted by Crippen LogP contribution is -2.52. The smallest absolute Gasteiger partial charge is 0.306 e. The second-order valence-electron chi connectivity index (χ2n) is 6.91. The molecular weight excluding hydrogens is 306 g/mol. The van der Waals surface area contributed by atoms with Crippen molar-refractivity contribution >= 4 is 11.9 Å². The van der Waals surface area contributed by atoms with Gasteiger partial charge in [0.25, 0.3) is 0 Å². The number of likely N-dealkylation sites (tertiary alicyclic amines) is 1. The molecule has 1 aromatic rings. The second-order valence-corrected chi connectivity index (χ2v) is 6.91. The Kier molecular flexibility index (Phi) is 4.90. The Morgan fingerprint density at radius 3 is 2.38 bits per heavy atom. The zero-order chi connectivity index (χ0) is 17.2. The van der Waals surface area contributed by atoms with Crippen molar-refractivity contribution in [2.24, 2.45) is 5.92 Å². The van der Waals surface area contributed by atoms with Gasteiger partial charge in [-0.25, -0.2) is 0 Å². The van der Waals surface area contributed by atoms with Gasteiger partial charge in [0.1, 0.15) is 0 Å².